The largest absolute Gasteiger partial charge is 0.464 e. The summed E-state index contributed by atoms with van der Waals surface area (Å²) in [5.41, 5.74) is 0.339. The van der Waals surface area contributed by atoms with E-state index in [0.29, 0.717) is 5.69 Å². The summed E-state index contributed by atoms with van der Waals surface area (Å²) in [4.78, 5) is 14.7. The van der Waals surface area contributed by atoms with Gasteiger partial charge in [0.2, 0.25) is 0 Å². The van der Waals surface area contributed by atoms with Crippen molar-refractivity contribution in [1.29, 1.82) is 0 Å². The van der Waals surface area contributed by atoms with Crippen molar-refractivity contribution in [3.8, 4) is 0 Å². The summed E-state index contributed by atoms with van der Waals surface area (Å²) in [5, 5.41) is 8.82. The fourth-order valence-electron chi connectivity index (χ4n) is 1.44. The van der Waals surface area contributed by atoms with E-state index in [1.54, 1.807) is 18.2 Å². The zero-order chi connectivity index (χ0) is 11.8. The third-order valence-corrected chi connectivity index (χ3v) is 3.44. The Morgan fingerprint density at radius 2 is 2.31 bits per heavy atom. The number of aromatic nitrogens is 1. The second-order valence-electron chi connectivity index (χ2n) is 3.09. The molecule has 16 heavy (non-hydrogen) atoms. The Morgan fingerprint density at radius 1 is 1.56 bits per heavy atom. The molecule has 0 saturated carbocycles. The molecule has 0 radical (unpaired) electrons. The van der Waals surface area contributed by atoms with Crippen molar-refractivity contribution in [2.45, 2.75) is 6.04 Å². The fourth-order valence-corrected chi connectivity index (χ4v) is 2.52. The Bertz CT molecular complexity index is 500. The second-order valence-corrected chi connectivity index (χ2v) is 4.58. The van der Waals surface area contributed by atoms with E-state index in [2.05, 4.69) is 9.17 Å². The van der Waals surface area contributed by atoms with E-state index in [4.69, 9.17) is 5.11 Å². The first-order chi connectivity index (χ1) is 7.52. The lowest BCUT2D eigenvalue weighted by molar-refractivity contribution is 0.164. The minimum absolute atomic E-state index is 0.244. The number of carboxylic acid groups (broad SMARTS) is 1. The monoisotopic (exact) mass is 244 g/mol. The summed E-state index contributed by atoms with van der Waals surface area (Å²) in [5.74, 6) is 0. The highest BCUT2D eigenvalue weighted by atomic mass is 32.2. The van der Waals surface area contributed by atoms with Crippen molar-refractivity contribution in [1.82, 2.24) is 9.29 Å². The number of nitrogens with zero attached hydrogens (tertiary/aromatic N) is 2. The van der Waals surface area contributed by atoms with E-state index in [-0.39, 0.29) is 10.9 Å². The molecule has 0 spiro atoms. The molecule has 1 N–H and O–H groups in total. The molecule has 1 aromatic heterocycles. The van der Waals surface area contributed by atoms with Crippen LogP contribution in [-0.2, 0) is 14.5 Å². The van der Waals surface area contributed by atoms with Crippen LogP contribution in [0.4, 0.5) is 4.79 Å². The normalized spacial score (nSPS) is 23.2. The molecule has 1 atom stereocenters. The smallest absolute Gasteiger partial charge is 0.423 e. The average Bonchev–Trinajstić information content (AvgIpc) is 2.55. The summed E-state index contributed by atoms with van der Waals surface area (Å²) >= 11 is 0. The standard InChI is InChI=1S/C8H8N2O5S/c11-8(12)10-7(5-15-16(10,13)14)6-3-1-2-4-9-6/h1-4,7H,5H2,(H,11,12). The second kappa shape index (κ2) is 3.72. The van der Waals surface area contributed by atoms with E-state index in [1.807, 2.05) is 0 Å². The van der Waals surface area contributed by atoms with Crippen LogP contribution in [-0.4, -0.2) is 35.5 Å². The van der Waals surface area contributed by atoms with Gasteiger partial charge < -0.3 is 5.11 Å². The van der Waals surface area contributed by atoms with Crippen molar-refractivity contribution in [2.75, 3.05) is 6.61 Å². The average molecular weight is 244 g/mol. The molecule has 1 aliphatic rings. The molecule has 8 heteroatoms. The maximum absolute atomic E-state index is 11.3. The van der Waals surface area contributed by atoms with E-state index >= 15 is 0 Å². The molecule has 7 nitrogen and oxygen atoms in total. The van der Waals surface area contributed by atoms with E-state index in [9.17, 15) is 13.2 Å². The number of rotatable bonds is 1. The first-order valence-electron chi connectivity index (χ1n) is 4.35. The zero-order valence-corrected chi connectivity index (χ0v) is 8.79. The predicted molar refractivity (Wildman–Crippen MR) is 51.7 cm³/mol. The highest BCUT2D eigenvalue weighted by Gasteiger charge is 2.44. The molecule has 86 valence electrons. The Hall–Kier alpha value is -1.67. The van der Waals surface area contributed by atoms with Gasteiger partial charge in [-0.1, -0.05) is 6.07 Å². The third kappa shape index (κ3) is 1.72. The van der Waals surface area contributed by atoms with Crippen molar-refractivity contribution < 1.29 is 22.5 Å². The van der Waals surface area contributed by atoms with Crippen LogP contribution in [0.3, 0.4) is 0 Å². The zero-order valence-electron chi connectivity index (χ0n) is 7.98. The molecule has 1 aliphatic heterocycles. The van der Waals surface area contributed by atoms with Crippen LogP contribution in [0.1, 0.15) is 11.7 Å². The van der Waals surface area contributed by atoms with Gasteiger partial charge in [-0.25, -0.2) is 4.79 Å². The summed E-state index contributed by atoms with van der Waals surface area (Å²) in [6.07, 6.45) is -0.117. The Balaban J connectivity index is 2.41. The van der Waals surface area contributed by atoms with Crippen LogP contribution in [0, 0.1) is 0 Å². The fraction of sp³-hybridized carbons (Fsp3) is 0.250. The number of hydrogen-bond donors (Lipinski definition) is 1. The molecular weight excluding hydrogens is 236 g/mol. The molecule has 1 aromatic rings. The predicted octanol–water partition coefficient (Wildman–Crippen LogP) is 0.378. The molecule has 1 amide bonds. The molecule has 2 heterocycles. The van der Waals surface area contributed by atoms with Crippen molar-refractivity contribution in [2.24, 2.45) is 0 Å². The van der Waals surface area contributed by atoms with Crippen LogP contribution < -0.4 is 0 Å². The molecule has 1 fully saturated rings. The van der Waals surface area contributed by atoms with Gasteiger partial charge in [0.05, 0.1) is 12.3 Å². The van der Waals surface area contributed by atoms with Crippen molar-refractivity contribution >= 4 is 16.4 Å². The molecule has 1 unspecified atom stereocenters. The quantitative estimate of drug-likeness (QED) is 0.766. The van der Waals surface area contributed by atoms with Crippen molar-refractivity contribution in [3.05, 3.63) is 30.1 Å². The Morgan fingerprint density at radius 3 is 2.88 bits per heavy atom. The van der Waals surface area contributed by atoms with E-state index in [0.717, 1.165) is 0 Å². The lowest BCUT2D eigenvalue weighted by Gasteiger charge is -2.16. The molecule has 2 rings (SSSR count). The van der Waals surface area contributed by atoms with Crippen molar-refractivity contribution in [3.63, 3.8) is 0 Å². The maximum atomic E-state index is 11.3. The number of hydrogen-bond acceptors (Lipinski definition) is 5. The van der Waals surface area contributed by atoms with Gasteiger partial charge >= 0.3 is 16.4 Å². The SMILES string of the molecule is O=C(O)N1C(c2ccccn2)COS1(=O)=O. The van der Waals surface area contributed by atoms with Gasteiger partial charge in [-0.3, -0.25) is 9.17 Å². The van der Waals surface area contributed by atoms with Crippen LogP contribution >= 0.6 is 0 Å². The molecule has 0 bridgehead atoms. The first kappa shape index (κ1) is 10.8. The van der Waals surface area contributed by atoms with Gasteiger partial charge in [0.1, 0.15) is 6.04 Å². The van der Waals surface area contributed by atoms with Crippen LogP contribution in [0.25, 0.3) is 0 Å². The Kier molecular flexibility index (Phi) is 2.52. The van der Waals surface area contributed by atoms with Crippen LogP contribution in [0.2, 0.25) is 0 Å². The minimum Gasteiger partial charge on any atom is -0.464 e. The molecule has 1 saturated heterocycles. The van der Waals surface area contributed by atoms with E-state index < -0.39 is 22.4 Å². The minimum atomic E-state index is -4.19. The highest BCUT2D eigenvalue weighted by molar-refractivity contribution is 7.85. The van der Waals surface area contributed by atoms with Gasteiger partial charge in [0.15, 0.2) is 0 Å². The Labute approximate surface area is 91.5 Å². The number of carbonyl (C=O) groups is 1. The van der Waals surface area contributed by atoms with Gasteiger partial charge in [-0.2, -0.15) is 12.7 Å². The molecular formula is C8H8N2O5S. The van der Waals surface area contributed by atoms with Crippen LogP contribution in [0.5, 0.6) is 0 Å². The van der Waals surface area contributed by atoms with Gasteiger partial charge in [-0.15, -0.1) is 0 Å². The third-order valence-electron chi connectivity index (χ3n) is 2.12. The van der Waals surface area contributed by atoms with E-state index in [1.165, 1.54) is 6.20 Å². The van der Waals surface area contributed by atoms with Crippen LogP contribution in [0.15, 0.2) is 24.4 Å². The van der Waals surface area contributed by atoms with Gasteiger partial charge in [0.25, 0.3) is 0 Å². The number of amides is 1. The summed E-state index contributed by atoms with van der Waals surface area (Å²) in [6.45, 7) is -0.244. The van der Waals surface area contributed by atoms with Gasteiger partial charge in [0, 0.05) is 6.20 Å². The maximum Gasteiger partial charge on any atom is 0.423 e. The van der Waals surface area contributed by atoms with Gasteiger partial charge in [-0.05, 0) is 12.1 Å². The molecule has 0 aliphatic carbocycles. The summed E-state index contributed by atoms with van der Waals surface area (Å²) in [7, 11) is -4.19. The lowest BCUT2D eigenvalue weighted by atomic mass is 10.2. The molecule has 0 aromatic carbocycles. The highest BCUT2D eigenvalue weighted by Crippen LogP contribution is 2.30. The number of pyridine rings is 1. The lowest BCUT2D eigenvalue weighted by Crippen LogP contribution is -2.33. The summed E-state index contributed by atoms with van der Waals surface area (Å²) < 4.78 is 27.3. The summed E-state index contributed by atoms with van der Waals surface area (Å²) in [6, 6.07) is 3.93. The topological polar surface area (TPSA) is 96.8 Å². The first-order valence-corrected chi connectivity index (χ1v) is 5.71.